The number of hydrogen-bond donors (Lipinski definition) is 1. The number of aliphatic carboxylic acids is 1. The van der Waals surface area contributed by atoms with E-state index in [4.69, 9.17) is 0 Å². The first-order valence-corrected chi connectivity index (χ1v) is 7.55. The molecule has 0 saturated carbocycles. The minimum absolute atomic E-state index is 0.0997. The number of carboxylic acids is 1. The third kappa shape index (κ3) is 2.94. The van der Waals surface area contributed by atoms with Crippen LogP contribution in [0.25, 0.3) is 0 Å². The molecule has 116 valence electrons. The molecule has 2 heterocycles. The third-order valence-electron chi connectivity index (χ3n) is 4.21. The molecule has 6 nitrogen and oxygen atoms in total. The fraction of sp³-hybridized carbons (Fsp3) is 0.667. The Morgan fingerprint density at radius 2 is 2.05 bits per heavy atom. The highest BCUT2D eigenvalue weighted by Gasteiger charge is 2.34. The summed E-state index contributed by atoms with van der Waals surface area (Å²) in [6, 6.07) is -0.663. The fourth-order valence-corrected chi connectivity index (χ4v) is 3.17. The SMILES string of the molecule is CCc1nn(C)c(CC)c1CC(=O)N1CCC[C@H]1C(=O)O. The summed E-state index contributed by atoms with van der Waals surface area (Å²) in [4.78, 5) is 25.2. The summed E-state index contributed by atoms with van der Waals surface area (Å²) >= 11 is 0. The second-order valence-electron chi connectivity index (χ2n) is 5.46. The van der Waals surface area contributed by atoms with Gasteiger partial charge in [0, 0.05) is 24.8 Å². The Morgan fingerprint density at radius 3 is 2.62 bits per heavy atom. The van der Waals surface area contributed by atoms with Crippen LogP contribution >= 0.6 is 0 Å². The number of amides is 1. The molecule has 2 rings (SSSR count). The van der Waals surface area contributed by atoms with Gasteiger partial charge in [-0.2, -0.15) is 5.10 Å². The first kappa shape index (κ1) is 15.5. The largest absolute Gasteiger partial charge is 0.480 e. The van der Waals surface area contributed by atoms with E-state index in [1.165, 1.54) is 4.90 Å². The summed E-state index contributed by atoms with van der Waals surface area (Å²) in [6.07, 6.45) is 3.16. The zero-order chi connectivity index (χ0) is 15.6. The number of hydrogen-bond acceptors (Lipinski definition) is 3. The number of rotatable bonds is 5. The fourth-order valence-electron chi connectivity index (χ4n) is 3.17. The highest BCUT2D eigenvalue weighted by molar-refractivity contribution is 5.85. The van der Waals surface area contributed by atoms with Gasteiger partial charge in [-0.05, 0) is 25.7 Å². The lowest BCUT2D eigenvalue weighted by Crippen LogP contribution is -2.41. The first-order chi connectivity index (χ1) is 9.99. The Balaban J connectivity index is 2.21. The van der Waals surface area contributed by atoms with Gasteiger partial charge in [-0.25, -0.2) is 4.79 Å². The van der Waals surface area contributed by atoms with E-state index in [0.29, 0.717) is 13.0 Å². The minimum Gasteiger partial charge on any atom is -0.480 e. The van der Waals surface area contributed by atoms with Crippen LogP contribution < -0.4 is 0 Å². The molecule has 0 aliphatic carbocycles. The smallest absolute Gasteiger partial charge is 0.326 e. The maximum Gasteiger partial charge on any atom is 0.326 e. The van der Waals surface area contributed by atoms with Crippen molar-refractivity contribution in [1.82, 2.24) is 14.7 Å². The molecule has 1 amide bonds. The first-order valence-electron chi connectivity index (χ1n) is 7.55. The average molecular weight is 293 g/mol. The molecule has 0 bridgehead atoms. The normalized spacial score (nSPS) is 18.2. The van der Waals surface area contributed by atoms with E-state index in [0.717, 1.165) is 36.2 Å². The molecular weight excluding hydrogens is 270 g/mol. The van der Waals surface area contributed by atoms with Gasteiger partial charge in [0.1, 0.15) is 6.04 Å². The van der Waals surface area contributed by atoms with Crippen LogP contribution in [-0.2, 0) is 35.9 Å². The van der Waals surface area contributed by atoms with Crippen molar-refractivity contribution < 1.29 is 14.7 Å². The molecule has 0 spiro atoms. The average Bonchev–Trinajstić information content (AvgIpc) is 3.03. The molecule has 1 aliphatic heterocycles. The lowest BCUT2D eigenvalue weighted by atomic mass is 10.0. The Hall–Kier alpha value is -1.85. The molecule has 1 atom stereocenters. The number of nitrogens with zero attached hydrogens (tertiary/aromatic N) is 3. The van der Waals surface area contributed by atoms with Gasteiger partial charge in [0.05, 0.1) is 12.1 Å². The van der Waals surface area contributed by atoms with E-state index in [-0.39, 0.29) is 12.3 Å². The van der Waals surface area contributed by atoms with Crippen LogP contribution in [0.15, 0.2) is 0 Å². The molecule has 1 saturated heterocycles. The van der Waals surface area contributed by atoms with E-state index in [1.807, 2.05) is 25.6 Å². The molecular formula is C15H23N3O3. The van der Waals surface area contributed by atoms with Gasteiger partial charge in [-0.15, -0.1) is 0 Å². The number of carboxylic acid groups (broad SMARTS) is 1. The molecule has 0 unspecified atom stereocenters. The van der Waals surface area contributed by atoms with Gasteiger partial charge in [-0.1, -0.05) is 13.8 Å². The lowest BCUT2D eigenvalue weighted by molar-refractivity contribution is -0.148. The number of carbonyl (C=O) groups is 2. The predicted molar refractivity (Wildman–Crippen MR) is 78.0 cm³/mol. The number of carbonyl (C=O) groups excluding carboxylic acids is 1. The quantitative estimate of drug-likeness (QED) is 0.884. The monoisotopic (exact) mass is 293 g/mol. The molecule has 1 aromatic heterocycles. The van der Waals surface area contributed by atoms with E-state index >= 15 is 0 Å². The number of aromatic nitrogens is 2. The van der Waals surface area contributed by atoms with Crippen LogP contribution in [0.1, 0.15) is 43.6 Å². The molecule has 0 radical (unpaired) electrons. The Kier molecular flexibility index (Phi) is 4.65. The predicted octanol–water partition coefficient (Wildman–Crippen LogP) is 1.16. The molecule has 6 heteroatoms. The van der Waals surface area contributed by atoms with Crippen LogP contribution in [0, 0.1) is 0 Å². The highest BCUT2D eigenvalue weighted by Crippen LogP contribution is 2.22. The van der Waals surface area contributed by atoms with E-state index < -0.39 is 12.0 Å². The van der Waals surface area contributed by atoms with Gasteiger partial charge in [0.15, 0.2) is 0 Å². The van der Waals surface area contributed by atoms with Gasteiger partial charge in [-0.3, -0.25) is 9.48 Å². The Bertz CT molecular complexity index is 551. The molecule has 1 aromatic rings. The zero-order valence-electron chi connectivity index (χ0n) is 12.9. The Labute approximate surface area is 124 Å². The highest BCUT2D eigenvalue weighted by atomic mass is 16.4. The van der Waals surface area contributed by atoms with Gasteiger partial charge in [0.2, 0.25) is 5.91 Å². The van der Waals surface area contributed by atoms with Crippen molar-refractivity contribution in [2.75, 3.05) is 6.54 Å². The van der Waals surface area contributed by atoms with Gasteiger partial charge >= 0.3 is 5.97 Å². The van der Waals surface area contributed by atoms with Crippen LogP contribution in [0.3, 0.4) is 0 Å². The Morgan fingerprint density at radius 1 is 1.33 bits per heavy atom. The van der Waals surface area contributed by atoms with Crippen molar-refractivity contribution in [2.24, 2.45) is 7.05 Å². The van der Waals surface area contributed by atoms with Gasteiger partial charge in [0.25, 0.3) is 0 Å². The molecule has 21 heavy (non-hydrogen) atoms. The second-order valence-corrected chi connectivity index (χ2v) is 5.46. The molecule has 1 aliphatic rings. The molecule has 1 N–H and O–H groups in total. The van der Waals surface area contributed by atoms with Crippen molar-refractivity contribution in [3.05, 3.63) is 17.0 Å². The summed E-state index contributed by atoms with van der Waals surface area (Å²) in [6.45, 7) is 4.60. The standard InChI is InChI=1S/C15H23N3O3/c1-4-11-10(12(5-2)17(3)16-11)9-14(19)18-8-6-7-13(18)15(20)21/h13H,4-9H2,1-3H3,(H,20,21)/t13-/m0/s1. The minimum atomic E-state index is -0.904. The summed E-state index contributed by atoms with van der Waals surface area (Å²) in [5.41, 5.74) is 2.98. The van der Waals surface area contributed by atoms with Crippen molar-refractivity contribution in [3.63, 3.8) is 0 Å². The third-order valence-corrected chi connectivity index (χ3v) is 4.21. The number of likely N-dealkylation sites (tertiary alicyclic amines) is 1. The maximum absolute atomic E-state index is 12.5. The number of aryl methyl sites for hydroxylation is 2. The van der Waals surface area contributed by atoms with E-state index in [2.05, 4.69) is 5.10 Å². The summed E-state index contributed by atoms with van der Waals surface area (Å²) in [7, 11) is 1.89. The molecule has 1 fully saturated rings. The summed E-state index contributed by atoms with van der Waals surface area (Å²) < 4.78 is 1.83. The van der Waals surface area contributed by atoms with E-state index in [1.54, 1.807) is 0 Å². The van der Waals surface area contributed by atoms with Crippen LogP contribution in [0.4, 0.5) is 0 Å². The van der Waals surface area contributed by atoms with Gasteiger partial charge < -0.3 is 10.0 Å². The van der Waals surface area contributed by atoms with Crippen molar-refractivity contribution in [3.8, 4) is 0 Å². The van der Waals surface area contributed by atoms with Crippen molar-refractivity contribution in [2.45, 2.75) is 52.0 Å². The maximum atomic E-state index is 12.5. The van der Waals surface area contributed by atoms with Crippen LogP contribution in [0.2, 0.25) is 0 Å². The summed E-state index contributed by atoms with van der Waals surface area (Å²) in [5, 5.41) is 13.7. The second kappa shape index (κ2) is 6.28. The van der Waals surface area contributed by atoms with E-state index in [9.17, 15) is 14.7 Å². The topological polar surface area (TPSA) is 75.4 Å². The van der Waals surface area contributed by atoms with Crippen LogP contribution in [0.5, 0.6) is 0 Å². The summed E-state index contributed by atoms with van der Waals surface area (Å²) in [5.74, 6) is -1.00. The van der Waals surface area contributed by atoms with Crippen LogP contribution in [-0.4, -0.2) is 44.3 Å². The zero-order valence-corrected chi connectivity index (χ0v) is 12.9. The molecule has 0 aromatic carbocycles. The van der Waals surface area contributed by atoms with Crippen molar-refractivity contribution >= 4 is 11.9 Å². The van der Waals surface area contributed by atoms with Crippen molar-refractivity contribution in [1.29, 1.82) is 0 Å². The lowest BCUT2D eigenvalue weighted by Gasteiger charge is -2.21.